The molecule has 0 aliphatic rings. The van der Waals surface area contributed by atoms with Gasteiger partial charge < -0.3 is 15.6 Å². The molecule has 6 nitrogen and oxygen atoms in total. The Balaban J connectivity index is 0.00000288. The first-order chi connectivity index (χ1) is 10.9. The van der Waals surface area contributed by atoms with Gasteiger partial charge in [-0.25, -0.2) is 0 Å². The largest absolute Gasteiger partial charge is 0.350 e. The predicted octanol–water partition coefficient (Wildman–Crippen LogP) is 2.99. The molecule has 1 aromatic heterocycles. The van der Waals surface area contributed by atoms with E-state index in [0.717, 1.165) is 5.56 Å². The molecule has 0 spiro atoms. The van der Waals surface area contributed by atoms with Crippen molar-refractivity contribution in [1.82, 2.24) is 15.5 Å². The van der Waals surface area contributed by atoms with Crippen LogP contribution in [0, 0.1) is 0 Å². The van der Waals surface area contributed by atoms with Gasteiger partial charge in [0.2, 0.25) is 17.6 Å². The Labute approximate surface area is 152 Å². The van der Waals surface area contributed by atoms with Gasteiger partial charge in [0.25, 0.3) is 0 Å². The van der Waals surface area contributed by atoms with Gasteiger partial charge in [-0.1, -0.05) is 16.8 Å². The molecule has 0 saturated heterocycles. The first-order valence-corrected chi connectivity index (χ1v) is 7.87. The molecule has 2 rings (SSSR count). The first-order valence-electron chi connectivity index (χ1n) is 7.49. The van der Waals surface area contributed by atoms with Crippen LogP contribution in [0.3, 0.4) is 0 Å². The number of nitrogens with one attached hydrogen (secondary N) is 1. The second-order valence-electron chi connectivity index (χ2n) is 6.01. The lowest BCUT2D eigenvalue weighted by molar-refractivity contribution is -0.122. The fourth-order valence-electron chi connectivity index (χ4n) is 1.96. The van der Waals surface area contributed by atoms with Crippen molar-refractivity contribution in [2.75, 3.05) is 6.54 Å². The Hall–Kier alpha value is -1.63. The number of hydrogen-bond donors (Lipinski definition) is 2. The number of benzene rings is 1. The third-order valence-corrected chi connectivity index (χ3v) is 3.61. The van der Waals surface area contributed by atoms with E-state index in [-0.39, 0.29) is 23.9 Å². The summed E-state index contributed by atoms with van der Waals surface area (Å²) in [5.74, 6) is 1.00. The normalized spacial score (nSPS) is 11.0. The van der Waals surface area contributed by atoms with Gasteiger partial charge in [0, 0.05) is 35.5 Å². The molecule has 8 heteroatoms. The molecule has 0 saturated carbocycles. The van der Waals surface area contributed by atoms with Crippen LogP contribution in [0.4, 0.5) is 0 Å². The highest BCUT2D eigenvalue weighted by atomic mass is 35.5. The molecule has 0 fully saturated rings. The number of aryl methyl sites for hydroxylation is 1. The quantitative estimate of drug-likeness (QED) is 0.778. The van der Waals surface area contributed by atoms with Crippen LogP contribution in [0.25, 0.3) is 11.4 Å². The zero-order valence-corrected chi connectivity index (χ0v) is 15.3. The molecule has 1 aromatic carbocycles. The van der Waals surface area contributed by atoms with Crippen LogP contribution in [-0.2, 0) is 11.2 Å². The number of carbonyl (C=O) groups excluding carboxylic acids is 1. The van der Waals surface area contributed by atoms with E-state index < -0.39 is 0 Å². The van der Waals surface area contributed by atoms with E-state index in [1.807, 2.05) is 26.0 Å². The molecule has 0 radical (unpaired) electrons. The minimum atomic E-state index is -0.386. The average Bonchev–Trinajstić information content (AvgIpc) is 2.96. The van der Waals surface area contributed by atoms with E-state index in [2.05, 4.69) is 15.5 Å². The second kappa shape index (κ2) is 9.01. The van der Waals surface area contributed by atoms with Crippen LogP contribution in [0.15, 0.2) is 28.8 Å². The Morgan fingerprint density at radius 2 is 2.00 bits per heavy atom. The van der Waals surface area contributed by atoms with Gasteiger partial charge in [-0.2, -0.15) is 4.98 Å². The highest BCUT2D eigenvalue weighted by Crippen LogP contribution is 2.19. The third kappa shape index (κ3) is 6.11. The Morgan fingerprint density at radius 1 is 1.33 bits per heavy atom. The van der Waals surface area contributed by atoms with Crippen LogP contribution < -0.4 is 11.1 Å². The Bertz CT molecular complexity index is 656. The number of amides is 1. The Morgan fingerprint density at radius 3 is 2.62 bits per heavy atom. The smallest absolute Gasteiger partial charge is 0.226 e. The van der Waals surface area contributed by atoms with E-state index in [0.29, 0.717) is 42.5 Å². The summed E-state index contributed by atoms with van der Waals surface area (Å²) < 4.78 is 5.21. The van der Waals surface area contributed by atoms with Crippen LogP contribution in [-0.4, -0.2) is 28.1 Å². The van der Waals surface area contributed by atoms with E-state index in [1.165, 1.54) is 0 Å². The van der Waals surface area contributed by atoms with E-state index in [4.69, 9.17) is 21.9 Å². The van der Waals surface area contributed by atoms with Crippen molar-refractivity contribution in [1.29, 1.82) is 0 Å². The molecule has 1 amide bonds. The maximum atomic E-state index is 11.8. The number of nitrogens with two attached hydrogens (primary N) is 1. The molecular weight excluding hydrogens is 351 g/mol. The summed E-state index contributed by atoms with van der Waals surface area (Å²) in [4.78, 5) is 16.1. The summed E-state index contributed by atoms with van der Waals surface area (Å²) in [5, 5.41) is 7.48. The molecule has 3 N–H and O–H groups in total. The minimum absolute atomic E-state index is 0. The SMILES string of the molecule is CC(C)(CN)NC(=O)CCCc1nc(-c2ccc(Cl)cc2)no1.Cl. The average molecular weight is 373 g/mol. The van der Waals surface area contributed by atoms with Crippen molar-refractivity contribution in [2.45, 2.75) is 38.6 Å². The summed E-state index contributed by atoms with van der Waals surface area (Å²) in [5.41, 5.74) is 6.04. The second-order valence-corrected chi connectivity index (χ2v) is 6.44. The molecule has 0 atom stereocenters. The number of halogens is 2. The zero-order chi connectivity index (χ0) is 16.9. The molecule has 24 heavy (non-hydrogen) atoms. The van der Waals surface area contributed by atoms with Gasteiger partial charge in [0.15, 0.2) is 0 Å². The fraction of sp³-hybridized carbons (Fsp3) is 0.438. The topological polar surface area (TPSA) is 94.0 Å². The number of rotatable bonds is 7. The van der Waals surface area contributed by atoms with Crippen LogP contribution >= 0.6 is 24.0 Å². The van der Waals surface area contributed by atoms with E-state index in [1.54, 1.807) is 12.1 Å². The Kier molecular flexibility index (Phi) is 7.66. The summed E-state index contributed by atoms with van der Waals surface area (Å²) in [6, 6.07) is 7.21. The number of hydrogen-bond acceptors (Lipinski definition) is 5. The summed E-state index contributed by atoms with van der Waals surface area (Å²) in [7, 11) is 0. The molecule has 2 aromatic rings. The monoisotopic (exact) mass is 372 g/mol. The number of aromatic nitrogens is 2. The van der Waals surface area contributed by atoms with Crippen LogP contribution in [0.5, 0.6) is 0 Å². The number of carbonyl (C=O) groups is 1. The minimum Gasteiger partial charge on any atom is -0.350 e. The molecule has 0 aliphatic heterocycles. The van der Waals surface area contributed by atoms with Gasteiger partial charge in [0.1, 0.15) is 0 Å². The van der Waals surface area contributed by atoms with Crippen molar-refractivity contribution in [3.05, 3.63) is 35.2 Å². The zero-order valence-electron chi connectivity index (χ0n) is 13.7. The molecule has 132 valence electrons. The van der Waals surface area contributed by atoms with E-state index >= 15 is 0 Å². The fourth-order valence-corrected chi connectivity index (χ4v) is 2.09. The van der Waals surface area contributed by atoms with Gasteiger partial charge in [-0.05, 0) is 44.5 Å². The molecule has 0 unspecified atom stereocenters. The highest BCUT2D eigenvalue weighted by molar-refractivity contribution is 6.30. The van der Waals surface area contributed by atoms with Gasteiger partial charge in [-0.3, -0.25) is 4.79 Å². The van der Waals surface area contributed by atoms with Crippen LogP contribution in [0.2, 0.25) is 5.02 Å². The number of nitrogens with zero attached hydrogens (tertiary/aromatic N) is 2. The standard InChI is InChI=1S/C16H21ClN4O2.ClH/c1-16(2,10-18)20-13(22)4-3-5-14-19-15(21-23-14)11-6-8-12(17)9-7-11;/h6-9H,3-5,10,18H2,1-2H3,(H,20,22);1H. The summed E-state index contributed by atoms with van der Waals surface area (Å²) in [6.07, 6.45) is 1.58. The summed E-state index contributed by atoms with van der Waals surface area (Å²) >= 11 is 5.85. The molecule has 0 aliphatic carbocycles. The maximum absolute atomic E-state index is 11.8. The maximum Gasteiger partial charge on any atom is 0.226 e. The molecule has 0 bridgehead atoms. The lowest BCUT2D eigenvalue weighted by Crippen LogP contribution is -2.48. The van der Waals surface area contributed by atoms with Crippen molar-refractivity contribution in [3.63, 3.8) is 0 Å². The van der Waals surface area contributed by atoms with Gasteiger partial charge in [-0.15, -0.1) is 12.4 Å². The van der Waals surface area contributed by atoms with Crippen molar-refractivity contribution in [3.8, 4) is 11.4 Å². The van der Waals surface area contributed by atoms with Crippen LogP contribution in [0.1, 0.15) is 32.6 Å². The lowest BCUT2D eigenvalue weighted by atomic mass is 10.1. The lowest BCUT2D eigenvalue weighted by Gasteiger charge is -2.24. The first kappa shape index (κ1) is 20.4. The molecule has 1 heterocycles. The third-order valence-electron chi connectivity index (χ3n) is 3.35. The van der Waals surface area contributed by atoms with Crippen molar-refractivity contribution >= 4 is 29.9 Å². The van der Waals surface area contributed by atoms with E-state index in [9.17, 15) is 4.79 Å². The van der Waals surface area contributed by atoms with Gasteiger partial charge >= 0.3 is 0 Å². The van der Waals surface area contributed by atoms with Crippen molar-refractivity contribution < 1.29 is 9.32 Å². The van der Waals surface area contributed by atoms with Gasteiger partial charge in [0.05, 0.1) is 0 Å². The highest BCUT2D eigenvalue weighted by Gasteiger charge is 2.18. The van der Waals surface area contributed by atoms with Crippen molar-refractivity contribution in [2.24, 2.45) is 5.73 Å². The summed E-state index contributed by atoms with van der Waals surface area (Å²) in [6.45, 7) is 4.18. The molecular formula is C16H22Cl2N4O2. The predicted molar refractivity (Wildman–Crippen MR) is 96.2 cm³/mol.